The first-order valence-corrected chi connectivity index (χ1v) is 9.21. The van der Waals surface area contributed by atoms with Crippen LogP contribution in [0.1, 0.15) is 42.8 Å². The summed E-state index contributed by atoms with van der Waals surface area (Å²) in [4.78, 5) is 15.2. The molecule has 1 aliphatic heterocycles. The number of benzene rings is 1. The number of nitrogens with one attached hydrogen (secondary N) is 1. The number of carbonyl (C=O) groups is 1. The number of amides is 1. The van der Waals surface area contributed by atoms with Crippen LogP contribution in [-0.2, 0) is 0 Å². The molecular formula is C19H23ClFN3O2. The van der Waals surface area contributed by atoms with Crippen molar-refractivity contribution in [2.75, 3.05) is 13.1 Å². The molecule has 140 valence electrons. The quantitative estimate of drug-likeness (QED) is 0.870. The molecule has 1 aromatic carbocycles. The zero-order chi connectivity index (χ0) is 18.8. The lowest BCUT2D eigenvalue weighted by Gasteiger charge is -2.34. The summed E-state index contributed by atoms with van der Waals surface area (Å²) in [5.74, 6) is -0.498. The minimum atomic E-state index is -0.537. The summed E-state index contributed by atoms with van der Waals surface area (Å²) in [6, 6.07) is 4.94. The van der Waals surface area contributed by atoms with Crippen LogP contribution in [0.2, 0.25) is 5.02 Å². The van der Waals surface area contributed by atoms with Crippen LogP contribution >= 0.6 is 11.6 Å². The second kappa shape index (κ2) is 7.76. The molecule has 5 nitrogen and oxygen atoms in total. The maximum absolute atomic E-state index is 14.3. The molecule has 1 aromatic heterocycles. The van der Waals surface area contributed by atoms with Gasteiger partial charge in [-0.2, -0.15) is 0 Å². The third-order valence-electron chi connectivity index (χ3n) is 4.88. The summed E-state index contributed by atoms with van der Waals surface area (Å²) in [6.45, 7) is 7.86. The Morgan fingerprint density at radius 1 is 1.38 bits per heavy atom. The molecule has 0 bridgehead atoms. The van der Waals surface area contributed by atoms with Gasteiger partial charge in [0.15, 0.2) is 0 Å². The van der Waals surface area contributed by atoms with E-state index >= 15 is 0 Å². The van der Waals surface area contributed by atoms with Crippen LogP contribution in [0.5, 0.6) is 0 Å². The largest absolute Gasteiger partial charge is 0.360 e. The highest BCUT2D eigenvalue weighted by Crippen LogP contribution is 2.33. The highest BCUT2D eigenvalue weighted by atomic mass is 35.5. The fraction of sp³-hybridized carbons (Fsp3) is 0.474. The number of aromatic nitrogens is 1. The lowest BCUT2D eigenvalue weighted by Crippen LogP contribution is -2.46. The van der Waals surface area contributed by atoms with Gasteiger partial charge in [0.2, 0.25) is 0 Å². The standard InChI is InChI=1S/C19H23ClFN3O2/c1-11(2)24-9-7-13(8-10-24)22-19(25)16-12(3)26-23-18(16)17-14(20)5-4-6-15(17)21/h4-6,11,13H,7-10H2,1-3H3,(H,22,25). The fourth-order valence-corrected chi connectivity index (χ4v) is 3.60. The Balaban J connectivity index is 1.80. The maximum atomic E-state index is 14.3. The Morgan fingerprint density at radius 2 is 2.08 bits per heavy atom. The zero-order valence-electron chi connectivity index (χ0n) is 15.2. The van der Waals surface area contributed by atoms with E-state index in [0.29, 0.717) is 11.8 Å². The minimum absolute atomic E-state index is 0.0794. The van der Waals surface area contributed by atoms with Gasteiger partial charge in [0.25, 0.3) is 5.91 Å². The molecule has 2 aromatic rings. The number of carbonyl (C=O) groups excluding carboxylic acids is 1. The van der Waals surface area contributed by atoms with Crippen LogP contribution in [0.25, 0.3) is 11.3 Å². The highest BCUT2D eigenvalue weighted by molar-refractivity contribution is 6.33. The van der Waals surface area contributed by atoms with Gasteiger partial charge in [0.1, 0.15) is 22.8 Å². The number of likely N-dealkylation sites (tertiary alicyclic amines) is 1. The average molecular weight is 380 g/mol. The molecular weight excluding hydrogens is 357 g/mol. The molecule has 0 spiro atoms. The second-order valence-electron chi connectivity index (χ2n) is 6.94. The van der Waals surface area contributed by atoms with Crippen molar-refractivity contribution >= 4 is 17.5 Å². The van der Waals surface area contributed by atoms with Gasteiger partial charge in [-0.15, -0.1) is 0 Å². The zero-order valence-corrected chi connectivity index (χ0v) is 15.9. The monoisotopic (exact) mass is 379 g/mol. The number of hydrogen-bond acceptors (Lipinski definition) is 4. The lowest BCUT2D eigenvalue weighted by molar-refractivity contribution is 0.0899. The van der Waals surface area contributed by atoms with E-state index in [1.807, 2.05) is 0 Å². The van der Waals surface area contributed by atoms with E-state index in [-0.39, 0.29) is 33.8 Å². The Kier molecular flexibility index (Phi) is 5.63. The maximum Gasteiger partial charge on any atom is 0.257 e. The van der Waals surface area contributed by atoms with E-state index in [4.69, 9.17) is 16.1 Å². The minimum Gasteiger partial charge on any atom is -0.360 e. The van der Waals surface area contributed by atoms with E-state index in [0.717, 1.165) is 25.9 Å². The van der Waals surface area contributed by atoms with Crippen LogP contribution in [0.3, 0.4) is 0 Å². The summed E-state index contributed by atoms with van der Waals surface area (Å²) in [5.41, 5.74) is 0.469. The molecule has 0 saturated carbocycles. The SMILES string of the molecule is Cc1onc(-c2c(F)cccc2Cl)c1C(=O)NC1CCN(C(C)C)CC1. The summed E-state index contributed by atoms with van der Waals surface area (Å²) in [7, 11) is 0. The second-order valence-corrected chi connectivity index (χ2v) is 7.34. The summed E-state index contributed by atoms with van der Waals surface area (Å²) < 4.78 is 19.4. The van der Waals surface area contributed by atoms with Crippen molar-refractivity contribution in [1.29, 1.82) is 0 Å². The fourth-order valence-electron chi connectivity index (χ4n) is 3.35. The smallest absolute Gasteiger partial charge is 0.257 e. The van der Waals surface area contributed by atoms with Gasteiger partial charge >= 0.3 is 0 Å². The van der Waals surface area contributed by atoms with Gasteiger partial charge in [-0.3, -0.25) is 4.79 Å². The molecule has 0 unspecified atom stereocenters. The molecule has 7 heteroatoms. The first kappa shape index (κ1) is 18.9. The third kappa shape index (κ3) is 3.76. The van der Waals surface area contributed by atoms with Crippen LogP contribution in [-0.4, -0.2) is 41.1 Å². The Hall–Kier alpha value is -1.92. The number of piperidine rings is 1. The van der Waals surface area contributed by atoms with Crippen LogP contribution < -0.4 is 5.32 Å². The molecule has 1 saturated heterocycles. The Labute approximate surface area is 157 Å². The lowest BCUT2D eigenvalue weighted by atomic mass is 10.0. The van der Waals surface area contributed by atoms with E-state index in [2.05, 4.69) is 29.2 Å². The average Bonchev–Trinajstić information content (AvgIpc) is 2.96. The van der Waals surface area contributed by atoms with Crippen molar-refractivity contribution < 1.29 is 13.7 Å². The first-order valence-electron chi connectivity index (χ1n) is 8.84. The van der Waals surface area contributed by atoms with Crippen molar-refractivity contribution in [2.45, 2.75) is 45.7 Å². The van der Waals surface area contributed by atoms with Crippen molar-refractivity contribution in [3.63, 3.8) is 0 Å². The number of halogens is 2. The van der Waals surface area contributed by atoms with Crippen LogP contribution in [0.15, 0.2) is 22.7 Å². The predicted octanol–water partition coefficient (Wildman–Crippen LogP) is 4.05. The van der Waals surface area contributed by atoms with Crippen molar-refractivity contribution in [2.24, 2.45) is 0 Å². The molecule has 1 fully saturated rings. The predicted molar refractivity (Wildman–Crippen MR) is 98.8 cm³/mol. The van der Waals surface area contributed by atoms with E-state index in [1.54, 1.807) is 13.0 Å². The molecule has 1 amide bonds. The molecule has 1 aliphatic rings. The van der Waals surface area contributed by atoms with Gasteiger partial charge in [-0.05, 0) is 45.7 Å². The molecule has 3 rings (SSSR count). The number of rotatable bonds is 4. The molecule has 26 heavy (non-hydrogen) atoms. The Morgan fingerprint density at radius 3 is 2.69 bits per heavy atom. The highest BCUT2D eigenvalue weighted by Gasteiger charge is 2.28. The number of nitrogens with zero attached hydrogens (tertiary/aromatic N) is 2. The molecule has 2 heterocycles. The molecule has 0 aliphatic carbocycles. The number of aryl methyl sites for hydroxylation is 1. The van der Waals surface area contributed by atoms with Crippen LogP contribution in [0, 0.1) is 12.7 Å². The van der Waals surface area contributed by atoms with Crippen molar-refractivity contribution in [1.82, 2.24) is 15.4 Å². The van der Waals surface area contributed by atoms with Gasteiger partial charge < -0.3 is 14.7 Å². The van der Waals surface area contributed by atoms with Gasteiger partial charge in [-0.25, -0.2) is 4.39 Å². The van der Waals surface area contributed by atoms with Crippen molar-refractivity contribution in [3.05, 3.63) is 40.4 Å². The van der Waals surface area contributed by atoms with Gasteiger partial charge in [0.05, 0.1) is 10.6 Å². The third-order valence-corrected chi connectivity index (χ3v) is 5.20. The molecule has 1 N–H and O–H groups in total. The normalized spacial score (nSPS) is 16.2. The molecule has 0 radical (unpaired) electrons. The van der Waals surface area contributed by atoms with E-state index < -0.39 is 5.82 Å². The van der Waals surface area contributed by atoms with E-state index in [9.17, 15) is 9.18 Å². The first-order chi connectivity index (χ1) is 12.4. The summed E-state index contributed by atoms with van der Waals surface area (Å²) in [5, 5.41) is 7.12. The summed E-state index contributed by atoms with van der Waals surface area (Å²) >= 11 is 6.13. The van der Waals surface area contributed by atoms with Gasteiger partial charge in [0, 0.05) is 25.2 Å². The Bertz CT molecular complexity index is 778. The van der Waals surface area contributed by atoms with Gasteiger partial charge in [-0.1, -0.05) is 22.8 Å². The van der Waals surface area contributed by atoms with E-state index in [1.165, 1.54) is 12.1 Å². The van der Waals surface area contributed by atoms with Crippen LogP contribution in [0.4, 0.5) is 4.39 Å². The topological polar surface area (TPSA) is 58.4 Å². The van der Waals surface area contributed by atoms with Crippen molar-refractivity contribution in [3.8, 4) is 11.3 Å². The molecule has 0 atom stereocenters. The summed E-state index contributed by atoms with van der Waals surface area (Å²) in [6.07, 6.45) is 1.76. The number of hydrogen-bond donors (Lipinski definition) is 1.